The van der Waals surface area contributed by atoms with Crippen LogP contribution >= 0.6 is 0 Å². The number of rotatable bonds is 0. The van der Waals surface area contributed by atoms with E-state index in [1.807, 2.05) is 0 Å². The van der Waals surface area contributed by atoms with Crippen LogP contribution in [0.2, 0.25) is 0 Å². The van der Waals surface area contributed by atoms with E-state index in [2.05, 4.69) is 0 Å². The molecular weight excluding hydrogens is 214 g/mol. The van der Waals surface area contributed by atoms with Gasteiger partial charge in [0.1, 0.15) is 0 Å². The summed E-state index contributed by atoms with van der Waals surface area (Å²) < 4.78 is 0. The van der Waals surface area contributed by atoms with Gasteiger partial charge in [-0.05, 0) is 0 Å². The zero-order valence-corrected chi connectivity index (χ0v) is 8.38. The summed E-state index contributed by atoms with van der Waals surface area (Å²) in [4.78, 5) is 0. The summed E-state index contributed by atoms with van der Waals surface area (Å²) in [6.45, 7) is 0. The molecule has 0 aromatic carbocycles. The molecule has 0 aromatic rings. The molecule has 0 aromatic heterocycles. The van der Waals surface area contributed by atoms with E-state index in [4.69, 9.17) is 0 Å². The van der Waals surface area contributed by atoms with E-state index >= 15 is 0 Å². The smallest absolute Gasteiger partial charge is 1.00 e. The van der Waals surface area contributed by atoms with Crippen molar-refractivity contribution in [2.24, 2.45) is 0 Å². The van der Waals surface area contributed by atoms with Crippen molar-refractivity contribution in [2.45, 2.75) is 0 Å². The Balaban J connectivity index is 0. The molecule has 0 saturated carbocycles. The van der Waals surface area contributed by atoms with Gasteiger partial charge in [-0.15, -0.1) is 0 Å². The monoisotopic (exact) mass is 214 g/mol. The number of hydrogen-bond donors (Lipinski definition) is 0. The molecule has 0 amide bonds. The summed E-state index contributed by atoms with van der Waals surface area (Å²) in [5.41, 5.74) is 0. The molecule has 0 saturated heterocycles. The molecule has 0 aliphatic carbocycles. The normalized spacial score (nSPS) is 0. The Morgan fingerprint density at radius 1 is 0.500 bits per heavy atom. The third kappa shape index (κ3) is 46.6. The quantitative estimate of drug-likeness (QED) is 0.277. The Labute approximate surface area is 73.6 Å². The second kappa shape index (κ2) is 81.4. The van der Waals surface area contributed by atoms with E-state index in [1.54, 1.807) is 0 Å². The summed E-state index contributed by atoms with van der Waals surface area (Å²) in [7, 11) is 0. The average Bonchev–Trinajstić information content (AvgIpc) is 0. The molecule has 0 spiro atoms. The van der Waals surface area contributed by atoms with Crippen molar-refractivity contribution in [2.75, 3.05) is 0 Å². The van der Waals surface area contributed by atoms with Crippen LogP contribution < -0.4 is 48.4 Å². The zero-order valence-electron chi connectivity index (χ0n) is 3.09. The van der Waals surface area contributed by atoms with Crippen molar-refractivity contribution < 1.29 is 48.4 Å². The van der Waals surface area contributed by atoms with Crippen LogP contribution in [-0.2, 0) is 0 Å². The Morgan fingerprint density at radius 2 is 0.500 bits per heavy atom. The van der Waals surface area contributed by atoms with E-state index in [-0.39, 0.29) is 74.2 Å². The molecule has 0 atom stereocenters. The van der Waals surface area contributed by atoms with Crippen LogP contribution in [0.15, 0.2) is 0 Å². The fraction of sp³-hybridized carbons (Fsp3) is 0. The van der Waals surface area contributed by atoms with Crippen LogP contribution in [0.5, 0.6) is 0 Å². The van der Waals surface area contributed by atoms with Crippen molar-refractivity contribution in [1.29, 1.82) is 0 Å². The van der Waals surface area contributed by atoms with Gasteiger partial charge in [-0.3, -0.25) is 0 Å². The minimum Gasteiger partial charge on any atom is -1.00 e. The molecule has 0 bridgehead atoms. The van der Waals surface area contributed by atoms with Crippen LogP contribution in [0.4, 0.5) is 0 Å². The molecule has 0 nitrogen and oxygen atoms in total. The molecule has 0 heterocycles. The molecule has 0 aliphatic rings. The van der Waals surface area contributed by atoms with Gasteiger partial charge in [-0.1, -0.05) is 0 Å². The molecule has 6 heavy (non-hydrogen) atoms. The fourth-order valence-corrected chi connectivity index (χ4v) is 0. The van der Waals surface area contributed by atoms with E-state index in [1.165, 1.54) is 0 Å². The van der Waals surface area contributed by atoms with Crippen LogP contribution in [0.1, 0.15) is 0 Å². The predicted molar refractivity (Wildman–Crippen MR) is 5.75 cm³/mol. The summed E-state index contributed by atoms with van der Waals surface area (Å²) in [6, 6.07) is 0. The molecule has 0 rings (SSSR count). The van der Waals surface area contributed by atoms with Crippen molar-refractivity contribution in [3.8, 4) is 0 Å². The summed E-state index contributed by atoms with van der Waals surface area (Å²) in [5.74, 6) is 0. The first-order chi connectivity index (χ1) is 0. The molecule has 0 unspecified atom stereocenters. The minimum absolute atomic E-state index is 0. The maximum Gasteiger partial charge on any atom is 3.00 e. The van der Waals surface area contributed by atoms with Crippen LogP contribution in [-0.4, -0.2) is 25.8 Å². The van der Waals surface area contributed by atoms with Gasteiger partial charge < -0.3 is 18.8 Å². The fourth-order valence-electron chi connectivity index (χ4n) is 0. The number of hydrogen-bond acceptors (Lipinski definition) is 0. The SMILES string of the molecule is [F-].[F-].[F-].[F-].[In+3].[Na+]. The summed E-state index contributed by atoms with van der Waals surface area (Å²) >= 11 is 0. The molecule has 32 valence electrons. The largest absolute Gasteiger partial charge is 3.00 e. The molecular formula is F4InNa. The van der Waals surface area contributed by atoms with Crippen molar-refractivity contribution >= 4 is 25.8 Å². The third-order valence-corrected chi connectivity index (χ3v) is 0. The Hall–Kier alpha value is 1.59. The van der Waals surface area contributed by atoms with Gasteiger partial charge in [-0.2, -0.15) is 0 Å². The van der Waals surface area contributed by atoms with Crippen LogP contribution in [0.25, 0.3) is 0 Å². The second-order valence-electron chi connectivity index (χ2n) is 0. The molecule has 0 fully saturated rings. The van der Waals surface area contributed by atoms with Gasteiger partial charge in [0.25, 0.3) is 0 Å². The first-order valence-corrected chi connectivity index (χ1v) is 0. The average molecular weight is 214 g/mol. The minimum atomic E-state index is 0. The van der Waals surface area contributed by atoms with Crippen molar-refractivity contribution in [3.05, 3.63) is 0 Å². The van der Waals surface area contributed by atoms with E-state index in [9.17, 15) is 0 Å². The van der Waals surface area contributed by atoms with Gasteiger partial charge in [0, 0.05) is 0 Å². The predicted octanol–water partition coefficient (Wildman–Crippen LogP) is -15.4. The van der Waals surface area contributed by atoms with Gasteiger partial charge in [0.2, 0.25) is 0 Å². The maximum atomic E-state index is 0. The molecule has 0 radical (unpaired) electrons. The standard InChI is InChI=1S/4FH.In.Na/h4*1H;;/q;;;;+3;+1/p-4. The van der Waals surface area contributed by atoms with Gasteiger partial charge in [0.15, 0.2) is 0 Å². The number of halogens is 4. The van der Waals surface area contributed by atoms with Gasteiger partial charge in [-0.25, -0.2) is 0 Å². The zero-order chi connectivity index (χ0) is 0. The van der Waals surface area contributed by atoms with E-state index in [0.717, 1.165) is 0 Å². The summed E-state index contributed by atoms with van der Waals surface area (Å²) in [6.07, 6.45) is 0. The molecule has 6 heteroatoms. The maximum absolute atomic E-state index is 0. The van der Waals surface area contributed by atoms with Crippen molar-refractivity contribution in [1.82, 2.24) is 0 Å². The Kier molecular flexibility index (Phi) is 1770. The second-order valence-corrected chi connectivity index (χ2v) is 0. The van der Waals surface area contributed by atoms with Gasteiger partial charge in [0.05, 0.1) is 0 Å². The van der Waals surface area contributed by atoms with Gasteiger partial charge >= 0.3 is 55.4 Å². The topological polar surface area (TPSA) is 0 Å². The first-order valence-electron chi connectivity index (χ1n) is 0. The van der Waals surface area contributed by atoms with E-state index < -0.39 is 0 Å². The van der Waals surface area contributed by atoms with Crippen LogP contribution in [0.3, 0.4) is 0 Å². The first kappa shape index (κ1) is 130. The van der Waals surface area contributed by atoms with Crippen molar-refractivity contribution in [3.63, 3.8) is 0 Å². The third-order valence-electron chi connectivity index (χ3n) is 0. The molecule has 0 aliphatic heterocycles. The Bertz CT molecular complexity index is 7.51. The van der Waals surface area contributed by atoms with E-state index in [0.29, 0.717) is 0 Å². The Morgan fingerprint density at radius 3 is 0.500 bits per heavy atom. The summed E-state index contributed by atoms with van der Waals surface area (Å²) in [5, 5.41) is 0. The van der Waals surface area contributed by atoms with Crippen LogP contribution in [0, 0.1) is 0 Å². The molecule has 0 N–H and O–H groups in total.